The fourth-order valence-corrected chi connectivity index (χ4v) is 2.65. The number of sulfonamides is 1. The van der Waals surface area contributed by atoms with E-state index in [1.165, 1.54) is 0 Å². The quantitative estimate of drug-likeness (QED) is 0.783. The first kappa shape index (κ1) is 10.9. The van der Waals surface area contributed by atoms with Gasteiger partial charge in [-0.2, -0.15) is 0 Å². The summed E-state index contributed by atoms with van der Waals surface area (Å²) in [6, 6.07) is 4.29. The lowest BCUT2D eigenvalue weighted by Crippen LogP contribution is -2.39. The molecule has 0 fully saturated rings. The molecule has 1 aliphatic rings. The van der Waals surface area contributed by atoms with Crippen LogP contribution in [0.2, 0.25) is 0 Å². The maximum absolute atomic E-state index is 11.7. The van der Waals surface area contributed by atoms with Gasteiger partial charge in [-0.3, -0.25) is 0 Å². The Bertz CT molecular complexity index is 549. The SMILES string of the molecule is CC(C)c1ccc2c(c1)S(=O)(=O)NC(=O)N2. The normalized spacial score (nSPS) is 17.6. The van der Waals surface area contributed by atoms with Gasteiger partial charge in [0.05, 0.1) is 5.69 Å². The molecule has 0 atom stereocenters. The minimum absolute atomic E-state index is 0.123. The van der Waals surface area contributed by atoms with Crippen LogP contribution in [0.4, 0.5) is 10.5 Å². The van der Waals surface area contributed by atoms with Crippen molar-refractivity contribution in [3.8, 4) is 0 Å². The fraction of sp³-hybridized carbons (Fsp3) is 0.300. The van der Waals surface area contributed by atoms with Crippen molar-refractivity contribution in [3.63, 3.8) is 0 Å². The summed E-state index contributed by atoms with van der Waals surface area (Å²) in [6.45, 7) is 3.95. The molecule has 1 aromatic carbocycles. The molecule has 0 saturated carbocycles. The van der Waals surface area contributed by atoms with Gasteiger partial charge in [0.1, 0.15) is 4.90 Å². The van der Waals surface area contributed by atoms with Gasteiger partial charge >= 0.3 is 6.03 Å². The maximum atomic E-state index is 11.7. The molecular formula is C10H12N2O3S. The molecule has 1 aromatic rings. The minimum atomic E-state index is -3.71. The van der Waals surface area contributed by atoms with Crippen molar-refractivity contribution < 1.29 is 13.2 Å². The third-order valence-electron chi connectivity index (χ3n) is 2.44. The van der Waals surface area contributed by atoms with Crippen LogP contribution in [-0.4, -0.2) is 14.4 Å². The number of hydrogen-bond donors (Lipinski definition) is 2. The van der Waals surface area contributed by atoms with Gasteiger partial charge in [0.25, 0.3) is 10.0 Å². The van der Waals surface area contributed by atoms with E-state index in [-0.39, 0.29) is 10.8 Å². The van der Waals surface area contributed by atoms with Crippen LogP contribution in [0.15, 0.2) is 23.1 Å². The van der Waals surface area contributed by atoms with Crippen LogP contribution in [-0.2, 0) is 10.0 Å². The molecule has 1 aliphatic heterocycles. The summed E-state index contributed by atoms with van der Waals surface area (Å²) in [5.74, 6) is 0.234. The first-order valence-electron chi connectivity index (χ1n) is 4.88. The van der Waals surface area contributed by atoms with Crippen molar-refractivity contribution in [2.45, 2.75) is 24.7 Å². The van der Waals surface area contributed by atoms with Gasteiger partial charge in [-0.25, -0.2) is 17.9 Å². The third-order valence-corrected chi connectivity index (χ3v) is 3.81. The minimum Gasteiger partial charge on any atom is -0.306 e. The highest BCUT2D eigenvalue weighted by molar-refractivity contribution is 7.90. The first-order valence-corrected chi connectivity index (χ1v) is 6.36. The molecule has 1 heterocycles. The Morgan fingerprint density at radius 2 is 1.94 bits per heavy atom. The molecule has 0 saturated heterocycles. The number of carbonyl (C=O) groups excluding carboxylic acids is 1. The summed E-state index contributed by atoms with van der Waals surface area (Å²) in [7, 11) is -3.71. The van der Waals surface area contributed by atoms with E-state index in [2.05, 4.69) is 5.32 Å². The number of hydrogen-bond acceptors (Lipinski definition) is 3. The van der Waals surface area contributed by atoms with E-state index in [1.54, 1.807) is 12.1 Å². The Morgan fingerprint density at radius 3 is 2.56 bits per heavy atom. The summed E-state index contributed by atoms with van der Waals surface area (Å²) in [5.41, 5.74) is 1.24. The molecule has 5 nitrogen and oxygen atoms in total. The van der Waals surface area contributed by atoms with Crippen molar-refractivity contribution in [1.82, 2.24) is 4.72 Å². The predicted molar refractivity (Wildman–Crippen MR) is 59.9 cm³/mol. The van der Waals surface area contributed by atoms with Gasteiger partial charge in [-0.05, 0) is 23.6 Å². The van der Waals surface area contributed by atoms with Gasteiger partial charge in [0.15, 0.2) is 0 Å². The molecule has 6 heteroatoms. The van der Waals surface area contributed by atoms with Gasteiger partial charge in [0, 0.05) is 0 Å². The predicted octanol–water partition coefficient (Wildman–Crippen LogP) is 1.63. The zero-order valence-corrected chi connectivity index (χ0v) is 9.76. The lowest BCUT2D eigenvalue weighted by molar-refractivity contribution is 0.256. The summed E-state index contributed by atoms with van der Waals surface area (Å²) in [5, 5.41) is 2.45. The zero-order chi connectivity index (χ0) is 11.9. The standard InChI is InChI=1S/C10H12N2O3S/c1-6(2)7-3-4-8-9(5-7)16(14,15)12-10(13)11-8/h3-6H,1-2H3,(H2,11,12,13). The number of amides is 2. The van der Waals surface area contributed by atoms with Gasteiger partial charge in [-0.1, -0.05) is 19.9 Å². The largest absolute Gasteiger partial charge is 0.333 e. The Morgan fingerprint density at radius 1 is 1.25 bits per heavy atom. The second-order valence-electron chi connectivity index (χ2n) is 3.97. The number of rotatable bonds is 1. The summed E-state index contributed by atoms with van der Waals surface area (Å²) in [6.07, 6.45) is 0. The molecule has 86 valence electrons. The highest BCUT2D eigenvalue weighted by Gasteiger charge is 2.27. The molecule has 0 bridgehead atoms. The zero-order valence-electron chi connectivity index (χ0n) is 8.94. The Kier molecular flexibility index (Phi) is 2.38. The second-order valence-corrected chi connectivity index (χ2v) is 5.62. The van der Waals surface area contributed by atoms with E-state index in [4.69, 9.17) is 0 Å². The Labute approximate surface area is 93.9 Å². The number of nitrogens with one attached hydrogen (secondary N) is 2. The van der Waals surface area contributed by atoms with Crippen LogP contribution in [0.25, 0.3) is 0 Å². The van der Waals surface area contributed by atoms with Crippen molar-refractivity contribution in [3.05, 3.63) is 23.8 Å². The van der Waals surface area contributed by atoms with Gasteiger partial charge in [-0.15, -0.1) is 0 Å². The van der Waals surface area contributed by atoms with E-state index in [0.717, 1.165) is 5.56 Å². The molecule has 16 heavy (non-hydrogen) atoms. The van der Waals surface area contributed by atoms with E-state index < -0.39 is 16.1 Å². The first-order chi connectivity index (χ1) is 7.40. The average Bonchev–Trinajstić information content (AvgIpc) is 2.15. The van der Waals surface area contributed by atoms with Crippen molar-refractivity contribution in [1.29, 1.82) is 0 Å². The highest BCUT2D eigenvalue weighted by Crippen LogP contribution is 2.28. The van der Waals surface area contributed by atoms with E-state index >= 15 is 0 Å². The molecule has 0 unspecified atom stereocenters. The number of anilines is 1. The number of fused-ring (bicyclic) bond motifs is 1. The van der Waals surface area contributed by atoms with E-state index in [0.29, 0.717) is 5.69 Å². The van der Waals surface area contributed by atoms with Crippen LogP contribution in [0.1, 0.15) is 25.3 Å². The highest BCUT2D eigenvalue weighted by atomic mass is 32.2. The monoisotopic (exact) mass is 240 g/mol. The molecule has 0 aromatic heterocycles. The Hall–Kier alpha value is -1.56. The fourth-order valence-electron chi connectivity index (χ4n) is 1.55. The maximum Gasteiger partial charge on any atom is 0.333 e. The van der Waals surface area contributed by atoms with Crippen molar-refractivity contribution in [2.24, 2.45) is 0 Å². The molecule has 0 aliphatic carbocycles. The van der Waals surface area contributed by atoms with E-state index in [1.807, 2.05) is 24.6 Å². The summed E-state index contributed by atoms with van der Waals surface area (Å²) >= 11 is 0. The van der Waals surface area contributed by atoms with Gasteiger partial charge < -0.3 is 5.32 Å². The molecule has 0 radical (unpaired) electrons. The third kappa shape index (κ3) is 1.76. The summed E-state index contributed by atoms with van der Waals surface area (Å²) < 4.78 is 25.3. The molecule has 0 spiro atoms. The molecular weight excluding hydrogens is 228 g/mol. The molecule has 2 amide bonds. The lowest BCUT2D eigenvalue weighted by atomic mass is 10.0. The number of benzene rings is 1. The second kappa shape index (κ2) is 3.48. The molecule has 2 N–H and O–H groups in total. The van der Waals surface area contributed by atoms with Crippen LogP contribution in [0.5, 0.6) is 0 Å². The van der Waals surface area contributed by atoms with E-state index in [9.17, 15) is 13.2 Å². The van der Waals surface area contributed by atoms with Crippen LogP contribution >= 0.6 is 0 Å². The topological polar surface area (TPSA) is 75.3 Å². The van der Waals surface area contributed by atoms with Crippen molar-refractivity contribution in [2.75, 3.05) is 5.32 Å². The number of carbonyl (C=O) groups is 1. The average molecular weight is 240 g/mol. The van der Waals surface area contributed by atoms with Crippen LogP contribution < -0.4 is 10.0 Å². The number of urea groups is 1. The molecule has 2 rings (SSSR count). The summed E-state index contributed by atoms with van der Waals surface area (Å²) in [4.78, 5) is 11.2. The van der Waals surface area contributed by atoms with Crippen LogP contribution in [0, 0.1) is 0 Å². The van der Waals surface area contributed by atoms with Crippen LogP contribution in [0.3, 0.4) is 0 Å². The lowest BCUT2D eigenvalue weighted by Gasteiger charge is -2.19. The van der Waals surface area contributed by atoms with Crippen molar-refractivity contribution >= 4 is 21.7 Å². The Balaban J connectivity index is 2.62. The van der Waals surface area contributed by atoms with Gasteiger partial charge in [0.2, 0.25) is 0 Å². The smallest absolute Gasteiger partial charge is 0.306 e.